The van der Waals surface area contributed by atoms with Gasteiger partial charge in [0.25, 0.3) is 0 Å². The van der Waals surface area contributed by atoms with Crippen LogP contribution in [0.1, 0.15) is 24.5 Å². The molecule has 18 heavy (non-hydrogen) atoms. The highest BCUT2D eigenvalue weighted by Gasteiger charge is 2.28. The van der Waals surface area contributed by atoms with Crippen LogP contribution in [0.15, 0.2) is 18.2 Å². The quantitative estimate of drug-likeness (QED) is 0.603. The van der Waals surface area contributed by atoms with Gasteiger partial charge in [-0.2, -0.15) is 0 Å². The summed E-state index contributed by atoms with van der Waals surface area (Å²) in [6.45, 7) is 0. The Hall–Kier alpha value is -2.04. The van der Waals surface area contributed by atoms with E-state index < -0.39 is 12.1 Å². The molecule has 0 aliphatic carbocycles. The van der Waals surface area contributed by atoms with E-state index in [0.29, 0.717) is 11.5 Å². The van der Waals surface area contributed by atoms with Gasteiger partial charge >= 0.3 is 5.97 Å². The molecule has 1 aliphatic rings. The van der Waals surface area contributed by atoms with Gasteiger partial charge in [0.2, 0.25) is 0 Å². The molecule has 0 aromatic heterocycles. The van der Waals surface area contributed by atoms with E-state index in [4.69, 9.17) is 14.2 Å². The molecule has 1 fully saturated rings. The largest absolute Gasteiger partial charge is 0.493 e. The van der Waals surface area contributed by atoms with Crippen molar-refractivity contribution in [2.75, 3.05) is 14.2 Å². The van der Waals surface area contributed by atoms with Crippen molar-refractivity contribution >= 4 is 11.8 Å². The van der Waals surface area contributed by atoms with Crippen molar-refractivity contribution in [3.05, 3.63) is 23.8 Å². The van der Waals surface area contributed by atoms with Gasteiger partial charge in [0, 0.05) is 6.42 Å². The smallest absolute Gasteiger partial charge is 0.313 e. The second kappa shape index (κ2) is 5.08. The number of hydrogen-bond acceptors (Lipinski definition) is 5. The van der Waals surface area contributed by atoms with E-state index >= 15 is 0 Å². The van der Waals surface area contributed by atoms with Crippen LogP contribution in [-0.2, 0) is 14.3 Å². The zero-order valence-corrected chi connectivity index (χ0v) is 10.3. The molecule has 2 rings (SSSR count). The van der Waals surface area contributed by atoms with Crippen molar-refractivity contribution in [2.24, 2.45) is 0 Å². The van der Waals surface area contributed by atoms with Gasteiger partial charge in [-0.1, -0.05) is 6.07 Å². The molecule has 0 saturated carbocycles. The second-order valence-corrected chi connectivity index (χ2v) is 4.01. The SMILES string of the molecule is COc1ccc(C2CC(=O)CC(=O)O2)cc1OC. The van der Waals surface area contributed by atoms with Crippen LogP contribution in [0.4, 0.5) is 0 Å². The lowest BCUT2D eigenvalue weighted by molar-refractivity contribution is -0.158. The number of esters is 1. The summed E-state index contributed by atoms with van der Waals surface area (Å²) in [5.41, 5.74) is 0.731. The van der Waals surface area contributed by atoms with Crippen LogP contribution in [0.3, 0.4) is 0 Å². The lowest BCUT2D eigenvalue weighted by atomic mass is 10.00. The fraction of sp³-hybridized carbons (Fsp3) is 0.385. The molecule has 5 nitrogen and oxygen atoms in total. The summed E-state index contributed by atoms with van der Waals surface area (Å²) in [5, 5.41) is 0. The predicted octanol–water partition coefficient (Wildman–Crippen LogP) is 1.65. The van der Waals surface area contributed by atoms with Crippen molar-refractivity contribution in [2.45, 2.75) is 18.9 Å². The Balaban J connectivity index is 2.27. The molecule has 1 saturated heterocycles. The van der Waals surface area contributed by atoms with Crippen LogP contribution in [0.2, 0.25) is 0 Å². The van der Waals surface area contributed by atoms with Crippen molar-refractivity contribution in [3.63, 3.8) is 0 Å². The van der Waals surface area contributed by atoms with Crippen LogP contribution < -0.4 is 9.47 Å². The maximum absolute atomic E-state index is 11.4. The number of ketones is 1. The topological polar surface area (TPSA) is 61.8 Å². The molecule has 1 aromatic carbocycles. The Kier molecular flexibility index (Phi) is 3.50. The minimum Gasteiger partial charge on any atom is -0.493 e. The van der Waals surface area contributed by atoms with E-state index in [0.717, 1.165) is 5.56 Å². The molecule has 5 heteroatoms. The molecular formula is C13H14O5. The molecule has 0 bridgehead atoms. The van der Waals surface area contributed by atoms with Crippen molar-refractivity contribution < 1.29 is 23.8 Å². The van der Waals surface area contributed by atoms with Crippen molar-refractivity contribution in [1.82, 2.24) is 0 Å². The molecule has 1 atom stereocenters. The second-order valence-electron chi connectivity index (χ2n) is 4.01. The summed E-state index contributed by atoms with van der Waals surface area (Å²) in [7, 11) is 3.07. The number of cyclic esters (lactones) is 1. The number of ether oxygens (including phenoxy) is 3. The fourth-order valence-corrected chi connectivity index (χ4v) is 1.92. The summed E-state index contributed by atoms with van der Waals surface area (Å²) in [6, 6.07) is 5.20. The molecule has 0 spiro atoms. The molecule has 96 valence electrons. The highest BCUT2D eigenvalue weighted by atomic mass is 16.5. The molecule has 1 aromatic rings. The number of carbonyl (C=O) groups is 2. The normalized spacial score (nSPS) is 19.3. The number of methoxy groups -OCH3 is 2. The number of rotatable bonds is 3. The standard InChI is InChI=1S/C13H14O5/c1-16-10-4-3-8(5-12(10)17-2)11-6-9(14)7-13(15)18-11/h3-5,11H,6-7H2,1-2H3. The summed E-state index contributed by atoms with van der Waals surface area (Å²) >= 11 is 0. The first-order valence-corrected chi connectivity index (χ1v) is 5.57. The lowest BCUT2D eigenvalue weighted by Gasteiger charge is -2.22. The van der Waals surface area contributed by atoms with Gasteiger partial charge in [-0.3, -0.25) is 9.59 Å². The van der Waals surface area contributed by atoms with E-state index in [2.05, 4.69) is 0 Å². The van der Waals surface area contributed by atoms with E-state index in [1.54, 1.807) is 25.3 Å². The van der Waals surface area contributed by atoms with Crippen LogP contribution >= 0.6 is 0 Å². The number of Topliss-reactive ketones (excluding diaryl/α,β-unsaturated/α-hetero) is 1. The maximum atomic E-state index is 11.4. The summed E-state index contributed by atoms with van der Waals surface area (Å²) in [6.07, 6.45) is -0.455. The van der Waals surface area contributed by atoms with Gasteiger partial charge in [-0.15, -0.1) is 0 Å². The molecule has 0 N–H and O–H groups in total. The first-order valence-electron chi connectivity index (χ1n) is 5.57. The third-order valence-corrected chi connectivity index (χ3v) is 2.81. The van der Waals surface area contributed by atoms with E-state index in [9.17, 15) is 9.59 Å². The number of benzene rings is 1. The van der Waals surface area contributed by atoms with E-state index in [1.807, 2.05) is 0 Å². The minimum absolute atomic E-state index is 0.106. The molecule has 1 unspecified atom stereocenters. The minimum atomic E-state index is -0.529. The third-order valence-electron chi connectivity index (χ3n) is 2.81. The Morgan fingerprint density at radius 2 is 1.89 bits per heavy atom. The summed E-state index contributed by atoms with van der Waals surface area (Å²) in [4.78, 5) is 22.6. The Bertz CT molecular complexity index is 464. The Morgan fingerprint density at radius 3 is 2.50 bits per heavy atom. The first-order chi connectivity index (χ1) is 8.63. The maximum Gasteiger partial charge on any atom is 0.313 e. The molecule has 0 radical (unpaired) electrons. The van der Waals surface area contributed by atoms with E-state index in [-0.39, 0.29) is 18.6 Å². The fourth-order valence-electron chi connectivity index (χ4n) is 1.92. The Labute approximate surface area is 105 Å². The average Bonchev–Trinajstić information content (AvgIpc) is 2.36. The van der Waals surface area contributed by atoms with Crippen LogP contribution in [0.5, 0.6) is 11.5 Å². The lowest BCUT2D eigenvalue weighted by Crippen LogP contribution is -2.24. The third kappa shape index (κ3) is 2.45. The van der Waals surface area contributed by atoms with Gasteiger partial charge in [0.1, 0.15) is 18.3 Å². The van der Waals surface area contributed by atoms with E-state index in [1.165, 1.54) is 7.11 Å². The van der Waals surface area contributed by atoms with Crippen LogP contribution in [0, 0.1) is 0 Å². The van der Waals surface area contributed by atoms with Crippen LogP contribution in [0.25, 0.3) is 0 Å². The molecule has 1 heterocycles. The van der Waals surface area contributed by atoms with Gasteiger partial charge in [-0.25, -0.2) is 0 Å². The van der Waals surface area contributed by atoms with Crippen molar-refractivity contribution in [3.8, 4) is 11.5 Å². The summed E-state index contributed by atoms with van der Waals surface area (Å²) < 4.78 is 15.5. The Morgan fingerprint density at radius 1 is 1.17 bits per heavy atom. The first kappa shape index (κ1) is 12.4. The van der Waals surface area contributed by atoms with Gasteiger partial charge < -0.3 is 14.2 Å². The number of hydrogen-bond donors (Lipinski definition) is 0. The van der Waals surface area contributed by atoms with Gasteiger partial charge in [0.05, 0.1) is 14.2 Å². The molecular weight excluding hydrogens is 236 g/mol. The van der Waals surface area contributed by atoms with Crippen LogP contribution in [-0.4, -0.2) is 26.0 Å². The van der Waals surface area contributed by atoms with Crippen molar-refractivity contribution in [1.29, 1.82) is 0 Å². The highest BCUT2D eigenvalue weighted by Crippen LogP contribution is 2.34. The zero-order chi connectivity index (χ0) is 13.1. The monoisotopic (exact) mass is 250 g/mol. The zero-order valence-electron chi connectivity index (χ0n) is 10.3. The summed E-state index contributed by atoms with van der Waals surface area (Å²) in [5.74, 6) is 0.552. The highest BCUT2D eigenvalue weighted by molar-refractivity contribution is 5.97. The molecule has 1 aliphatic heterocycles. The molecule has 0 amide bonds. The van der Waals surface area contributed by atoms with Gasteiger partial charge in [-0.05, 0) is 17.7 Å². The predicted molar refractivity (Wildman–Crippen MR) is 62.6 cm³/mol. The number of carbonyl (C=O) groups excluding carboxylic acids is 2. The van der Waals surface area contributed by atoms with Gasteiger partial charge in [0.15, 0.2) is 11.5 Å². The average molecular weight is 250 g/mol.